The topological polar surface area (TPSA) is 40.5 Å². The Bertz CT molecular complexity index is 371. The van der Waals surface area contributed by atoms with Crippen molar-refractivity contribution in [2.45, 2.75) is 12.2 Å². The van der Waals surface area contributed by atoms with Crippen LogP contribution in [0.25, 0.3) is 0 Å². The van der Waals surface area contributed by atoms with Crippen LogP contribution in [0.5, 0.6) is 0 Å². The van der Waals surface area contributed by atoms with Gasteiger partial charge < -0.3 is 10.2 Å². The molecule has 0 heterocycles. The quantitative estimate of drug-likeness (QED) is 0.469. The summed E-state index contributed by atoms with van der Waals surface area (Å²) in [6.07, 6.45) is 0. The number of aliphatic hydroxyl groups is 2. The minimum Gasteiger partial charge on any atom is -0.350 e. The molecule has 0 aliphatic rings. The van der Waals surface area contributed by atoms with E-state index in [9.17, 15) is 10.2 Å². The molecule has 2 N–H and O–H groups in total. The lowest BCUT2D eigenvalue weighted by Gasteiger charge is -2.18. The van der Waals surface area contributed by atoms with E-state index in [1.807, 2.05) is 0 Å². The second kappa shape index (κ2) is 4.05. The SMILES string of the molecule is Cc1c(C(O)(O)Cl)cc(Cl)c(Cl)c1Cl. The zero-order valence-corrected chi connectivity index (χ0v) is 10.0. The molecule has 2 nitrogen and oxygen atoms in total. The van der Waals surface area contributed by atoms with E-state index in [4.69, 9.17) is 46.4 Å². The largest absolute Gasteiger partial charge is 0.350 e. The summed E-state index contributed by atoms with van der Waals surface area (Å²) < 4.78 is 0. The Balaban J connectivity index is 3.49. The molecular formula is C8H6Cl4O2. The first kappa shape index (κ1) is 12.4. The predicted octanol–water partition coefficient (Wildman–Crippen LogP) is 3.29. The van der Waals surface area contributed by atoms with Crippen LogP contribution in [0.15, 0.2) is 6.07 Å². The van der Waals surface area contributed by atoms with E-state index in [-0.39, 0.29) is 20.6 Å². The highest BCUT2D eigenvalue weighted by atomic mass is 35.5. The molecule has 0 unspecified atom stereocenters. The molecule has 14 heavy (non-hydrogen) atoms. The molecule has 0 radical (unpaired) electrons. The highest BCUT2D eigenvalue weighted by molar-refractivity contribution is 6.48. The number of hydrogen-bond donors (Lipinski definition) is 2. The first-order valence-corrected chi connectivity index (χ1v) is 5.04. The van der Waals surface area contributed by atoms with Gasteiger partial charge in [0.25, 0.3) is 5.25 Å². The van der Waals surface area contributed by atoms with Crippen molar-refractivity contribution in [1.82, 2.24) is 0 Å². The molecule has 0 bridgehead atoms. The summed E-state index contributed by atoms with van der Waals surface area (Å²) >= 11 is 22.5. The monoisotopic (exact) mass is 274 g/mol. The first-order chi connectivity index (χ1) is 6.25. The van der Waals surface area contributed by atoms with E-state index >= 15 is 0 Å². The van der Waals surface area contributed by atoms with Gasteiger partial charge in [0.15, 0.2) is 0 Å². The predicted molar refractivity (Wildman–Crippen MR) is 58.2 cm³/mol. The fraction of sp³-hybridized carbons (Fsp3) is 0.250. The molecule has 1 aromatic rings. The lowest BCUT2D eigenvalue weighted by Crippen LogP contribution is -2.18. The Labute approximate surface area is 101 Å². The van der Waals surface area contributed by atoms with Crippen LogP contribution in [0.2, 0.25) is 15.1 Å². The smallest absolute Gasteiger partial charge is 0.271 e. The zero-order valence-electron chi connectivity index (χ0n) is 6.98. The summed E-state index contributed by atoms with van der Waals surface area (Å²) in [6.45, 7) is 1.56. The second-order valence-electron chi connectivity index (χ2n) is 2.75. The highest BCUT2D eigenvalue weighted by Crippen LogP contribution is 2.38. The van der Waals surface area contributed by atoms with Crippen LogP contribution < -0.4 is 0 Å². The summed E-state index contributed by atoms with van der Waals surface area (Å²) in [6, 6.07) is 1.26. The third-order valence-corrected chi connectivity index (χ3v) is 3.31. The molecule has 0 spiro atoms. The molecule has 0 amide bonds. The zero-order chi connectivity index (χ0) is 11.1. The van der Waals surface area contributed by atoms with Crippen molar-refractivity contribution in [2.24, 2.45) is 0 Å². The van der Waals surface area contributed by atoms with Crippen LogP contribution in [0, 0.1) is 6.92 Å². The Morgan fingerprint density at radius 3 is 2.07 bits per heavy atom. The van der Waals surface area contributed by atoms with Gasteiger partial charge in [0.1, 0.15) is 0 Å². The van der Waals surface area contributed by atoms with Crippen LogP contribution in [0.1, 0.15) is 11.1 Å². The minimum atomic E-state index is -2.50. The van der Waals surface area contributed by atoms with Gasteiger partial charge in [-0.25, -0.2) is 0 Å². The molecule has 78 valence electrons. The standard InChI is InChI=1S/C8H6Cl4O2/c1-3-4(8(12,13)14)2-5(9)7(11)6(3)10/h2,13-14H,1H3. The van der Waals surface area contributed by atoms with E-state index in [1.165, 1.54) is 6.07 Å². The molecule has 0 aromatic heterocycles. The van der Waals surface area contributed by atoms with Crippen molar-refractivity contribution in [3.8, 4) is 0 Å². The van der Waals surface area contributed by atoms with Gasteiger partial charge >= 0.3 is 0 Å². The lowest BCUT2D eigenvalue weighted by molar-refractivity contribution is -0.0906. The summed E-state index contributed by atoms with van der Waals surface area (Å²) in [5.74, 6) is 0. The molecular weight excluding hydrogens is 270 g/mol. The van der Waals surface area contributed by atoms with E-state index in [2.05, 4.69) is 0 Å². The van der Waals surface area contributed by atoms with Gasteiger partial charge in [-0.15, -0.1) is 0 Å². The van der Waals surface area contributed by atoms with Crippen molar-refractivity contribution in [2.75, 3.05) is 0 Å². The third-order valence-electron chi connectivity index (χ3n) is 1.75. The highest BCUT2D eigenvalue weighted by Gasteiger charge is 2.27. The van der Waals surface area contributed by atoms with E-state index in [0.29, 0.717) is 5.56 Å². The molecule has 1 aromatic carbocycles. The molecule has 0 fully saturated rings. The van der Waals surface area contributed by atoms with E-state index in [0.717, 1.165) is 0 Å². The van der Waals surface area contributed by atoms with E-state index in [1.54, 1.807) is 6.92 Å². The summed E-state index contributed by atoms with van der Waals surface area (Å²) in [4.78, 5) is 0. The number of halogens is 4. The van der Waals surface area contributed by atoms with Crippen LogP contribution in [-0.2, 0) is 5.25 Å². The molecule has 1 rings (SSSR count). The Kier molecular flexibility index (Phi) is 3.58. The van der Waals surface area contributed by atoms with Crippen LogP contribution in [-0.4, -0.2) is 10.2 Å². The number of alkyl halides is 1. The first-order valence-electron chi connectivity index (χ1n) is 3.53. The Morgan fingerprint density at radius 1 is 1.14 bits per heavy atom. The normalized spacial score (nSPS) is 11.9. The van der Waals surface area contributed by atoms with E-state index < -0.39 is 5.25 Å². The van der Waals surface area contributed by atoms with Crippen LogP contribution >= 0.6 is 46.4 Å². The average Bonchev–Trinajstić information content (AvgIpc) is 2.06. The van der Waals surface area contributed by atoms with Gasteiger partial charge in [-0.05, 0) is 18.6 Å². The van der Waals surface area contributed by atoms with Crippen LogP contribution in [0.3, 0.4) is 0 Å². The van der Waals surface area contributed by atoms with Crippen molar-refractivity contribution < 1.29 is 10.2 Å². The maximum absolute atomic E-state index is 9.17. The number of benzene rings is 1. The Hall–Kier alpha value is 0.300. The van der Waals surface area contributed by atoms with Crippen molar-refractivity contribution >= 4 is 46.4 Å². The van der Waals surface area contributed by atoms with Gasteiger partial charge in [-0.2, -0.15) is 0 Å². The number of hydrogen-bond acceptors (Lipinski definition) is 2. The van der Waals surface area contributed by atoms with Crippen molar-refractivity contribution in [3.05, 3.63) is 32.3 Å². The molecule has 0 aliphatic carbocycles. The summed E-state index contributed by atoms with van der Waals surface area (Å²) in [7, 11) is 0. The maximum atomic E-state index is 9.17. The maximum Gasteiger partial charge on any atom is 0.271 e. The molecule has 0 aliphatic heterocycles. The molecule has 6 heteroatoms. The molecule has 0 saturated heterocycles. The summed E-state index contributed by atoms with van der Waals surface area (Å²) in [5, 5.41) is 16.3. The molecule has 0 atom stereocenters. The van der Waals surface area contributed by atoms with Crippen molar-refractivity contribution in [3.63, 3.8) is 0 Å². The lowest BCUT2D eigenvalue weighted by atomic mass is 10.1. The van der Waals surface area contributed by atoms with Gasteiger partial charge in [0, 0.05) is 5.56 Å². The average molecular weight is 276 g/mol. The van der Waals surface area contributed by atoms with Gasteiger partial charge in [-0.1, -0.05) is 46.4 Å². The fourth-order valence-corrected chi connectivity index (χ4v) is 1.86. The second-order valence-corrected chi connectivity index (χ2v) is 4.44. The number of rotatable bonds is 1. The van der Waals surface area contributed by atoms with Gasteiger partial charge in [-0.3, -0.25) is 0 Å². The summed E-state index contributed by atoms with van der Waals surface area (Å²) in [5.41, 5.74) is 0.389. The van der Waals surface area contributed by atoms with Crippen LogP contribution in [0.4, 0.5) is 0 Å². The molecule has 0 saturated carbocycles. The van der Waals surface area contributed by atoms with Gasteiger partial charge in [0.2, 0.25) is 0 Å². The van der Waals surface area contributed by atoms with Crippen molar-refractivity contribution in [1.29, 1.82) is 0 Å². The minimum absolute atomic E-state index is 0.0126. The fourth-order valence-electron chi connectivity index (χ4n) is 1.02. The Morgan fingerprint density at radius 2 is 1.64 bits per heavy atom. The third kappa shape index (κ3) is 2.27. The van der Waals surface area contributed by atoms with Gasteiger partial charge in [0.05, 0.1) is 15.1 Å².